The predicted octanol–water partition coefficient (Wildman–Crippen LogP) is 2.39. The molecule has 0 fully saturated rings. The van der Waals surface area contributed by atoms with E-state index in [2.05, 4.69) is 14.5 Å². The van der Waals surface area contributed by atoms with Crippen molar-refractivity contribution in [3.8, 4) is 5.75 Å². The lowest BCUT2D eigenvalue weighted by Crippen LogP contribution is -2.15. The maximum absolute atomic E-state index is 9.66. The van der Waals surface area contributed by atoms with Crippen LogP contribution in [0.15, 0.2) is 30.3 Å². The predicted molar refractivity (Wildman–Crippen MR) is 78.6 cm³/mol. The maximum atomic E-state index is 9.66. The average Bonchev–Trinajstić information content (AvgIpc) is 2.40. The SMILES string of the molecule is CC(C=O)NP.COC(C)C.Oc1ccccc1. The Morgan fingerprint density at radius 1 is 1.28 bits per heavy atom. The van der Waals surface area contributed by atoms with Gasteiger partial charge in [0.15, 0.2) is 0 Å². The van der Waals surface area contributed by atoms with Crippen molar-refractivity contribution in [2.75, 3.05) is 7.11 Å². The molecule has 0 saturated carbocycles. The van der Waals surface area contributed by atoms with E-state index in [0.717, 1.165) is 6.29 Å². The number of carbonyl (C=O) groups is 1. The quantitative estimate of drug-likeness (QED) is 0.656. The van der Waals surface area contributed by atoms with E-state index >= 15 is 0 Å². The van der Waals surface area contributed by atoms with Crippen LogP contribution in [0.5, 0.6) is 5.75 Å². The highest BCUT2D eigenvalue weighted by molar-refractivity contribution is 7.13. The minimum absolute atomic E-state index is 0.0324. The second kappa shape index (κ2) is 14.1. The molecule has 5 heteroatoms. The molecule has 0 aliphatic carbocycles. The lowest BCUT2D eigenvalue weighted by Gasteiger charge is -1.94. The molecule has 0 spiro atoms. The summed E-state index contributed by atoms with van der Waals surface area (Å²) >= 11 is 0. The van der Waals surface area contributed by atoms with Gasteiger partial charge in [0.05, 0.1) is 12.1 Å². The fraction of sp³-hybridized carbons (Fsp3) is 0.462. The number of hydrogen-bond acceptors (Lipinski definition) is 4. The van der Waals surface area contributed by atoms with Crippen molar-refractivity contribution in [2.24, 2.45) is 0 Å². The summed E-state index contributed by atoms with van der Waals surface area (Å²) in [5.74, 6) is 0.322. The molecule has 0 amide bonds. The van der Waals surface area contributed by atoms with Crippen molar-refractivity contribution in [3.05, 3.63) is 30.3 Å². The Balaban J connectivity index is 0. The zero-order valence-corrected chi connectivity index (χ0v) is 12.6. The first-order valence-electron chi connectivity index (χ1n) is 5.66. The average molecular weight is 273 g/mol. The van der Waals surface area contributed by atoms with Crippen molar-refractivity contribution >= 4 is 15.7 Å². The highest BCUT2D eigenvalue weighted by Crippen LogP contribution is 2.02. The smallest absolute Gasteiger partial charge is 0.136 e. The lowest BCUT2D eigenvalue weighted by molar-refractivity contribution is -0.108. The number of nitrogens with one attached hydrogen (secondary N) is 1. The van der Waals surface area contributed by atoms with Crippen molar-refractivity contribution < 1.29 is 14.6 Å². The number of carbonyl (C=O) groups excluding carboxylic acids is 1. The molecule has 2 N–H and O–H groups in total. The van der Waals surface area contributed by atoms with Crippen molar-refractivity contribution in [1.82, 2.24) is 5.09 Å². The number of aromatic hydroxyl groups is 1. The van der Waals surface area contributed by atoms with E-state index in [4.69, 9.17) is 9.84 Å². The highest BCUT2D eigenvalue weighted by atomic mass is 31.0. The molecule has 0 aliphatic rings. The molecule has 1 aromatic rings. The first kappa shape index (κ1) is 19.4. The van der Waals surface area contributed by atoms with Gasteiger partial charge < -0.3 is 14.6 Å². The second-order valence-electron chi connectivity index (χ2n) is 3.71. The van der Waals surface area contributed by atoms with Gasteiger partial charge in [-0.3, -0.25) is 5.09 Å². The van der Waals surface area contributed by atoms with Crippen LogP contribution < -0.4 is 5.09 Å². The van der Waals surface area contributed by atoms with Crippen molar-refractivity contribution in [2.45, 2.75) is 32.9 Å². The van der Waals surface area contributed by atoms with Crippen LogP contribution in [-0.4, -0.2) is 30.6 Å². The third-order valence-corrected chi connectivity index (χ3v) is 2.22. The zero-order valence-electron chi connectivity index (χ0n) is 11.5. The minimum Gasteiger partial charge on any atom is -0.508 e. The third-order valence-electron chi connectivity index (χ3n) is 1.69. The van der Waals surface area contributed by atoms with E-state index in [1.807, 2.05) is 19.9 Å². The number of para-hydroxylation sites is 1. The van der Waals surface area contributed by atoms with Crippen LogP contribution in [0.1, 0.15) is 20.8 Å². The summed E-state index contributed by atoms with van der Waals surface area (Å²) in [5.41, 5.74) is 0. The Labute approximate surface area is 112 Å². The maximum Gasteiger partial charge on any atom is 0.136 e. The van der Waals surface area contributed by atoms with Crippen molar-refractivity contribution in [1.29, 1.82) is 0 Å². The normalized spacial score (nSPS) is 10.6. The zero-order chi connectivity index (χ0) is 14.4. The summed E-state index contributed by atoms with van der Waals surface area (Å²) in [4.78, 5) is 9.66. The molecule has 104 valence electrons. The number of ether oxygens (including phenoxy) is 1. The minimum atomic E-state index is -0.0324. The molecule has 2 unspecified atom stereocenters. The topological polar surface area (TPSA) is 58.6 Å². The molecular weight excluding hydrogens is 249 g/mol. The van der Waals surface area contributed by atoms with E-state index in [-0.39, 0.29) is 6.04 Å². The Morgan fingerprint density at radius 2 is 1.72 bits per heavy atom. The van der Waals surface area contributed by atoms with Gasteiger partial charge in [0, 0.05) is 7.11 Å². The molecule has 0 saturated heterocycles. The van der Waals surface area contributed by atoms with E-state index in [1.54, 1.807) is 38.3 Å². The molecule has 0 aliphatic heterocycles. The molecule has 0 radical (unpaired) electrons. The van der Waals surface area contributed by atoms with Crippen LogP contribution in [0.25, 0.3) is 0 Å². The van der Waals surface area contributed by atoms with Crippen molar-refractivity contribution in [3.63, 3.8) is 0 Å². The summed E-state index contributed by atoms with van der Waals surface area (Å²) in [6.07, 6.45) is 1.22. The summed E-state index contributed by atoms with van der Waals surface area (Å²) in [5, 5.41) is 11.3. The summed E-state index contributed by atoms with van der Waals surface area (Å²) in [6, 6.07) is 8.68. The number of methoxy groups -OCH3 is 1. The molecule has 1 rings (SSSR count). The number of benzene rings is 1. The number of rotatable bonds is 3. The standard InChI is InChI=1S/C6H6O.C4H10O.C3H8NOP/c7-6-4-2-1-3-5-6;1-4(2)5-3;1-3(2-5)4-6/h1-5,7H;4H,1-3H3;2-4H,6H2,1H3. The molecule has 0 heterocycles. The second-order valence-corrected chi connectivity index (χ2v) is 4.04. The number of phenolic OH excluding ortho intramolecular Hbond substituents is 1. The highest BCUT2D eigenvalue weighted by Gasteiger charge is 1.87. The monoisotopic (exact) mass is 273 g/mol. The molecule has 18 heavy (non-hydrogen) atoms. The number of hydrogen-bond donors (Lipinski definition) is 2. The summed E-state index contributed by atoms with van der Waals surface area (Å²) < 4.78 is 4.75. The van der Waals surface area contributed by atoms with E-state index < -0.39 is 0 Å². The van der Waals surface area contributed by atoms with E-state index in [9.17, 15) is 4.79 Å². The summed E-state index contributed by atoms with van der Waals surface area (Å²) in [7, 11) is 3.96. The van der Waals surface area contributed by atoms with Gasteiger partial charge in [0.25, 0.3) is 0 Å². The van der Waals surface area contributed by atoms with Gasteiger partial charge in [-0.1, -0.05) is 27.6 Å². The summed E-state index contributed by atoms with van der Waals surface area (Å²) in [6.45, 7) is 5.78. The molecule has 2 atom stereocenters. The van der Waals surface area contributed by atoms with Gasteiger partial charge in [0.2, 0.25) is 0 Å². The van der Waals surface area contributed by atoms with Gasteiger partial charge >= 0.3 is 0 Å². The Bertz CT molecular complexity index is 281. The van der Waals surface area contributed by atoms with Crippen LogP contribution in [0.3, 0.4) is 0 Å². The van der Waals surface area contributed by atoms with Gasteiger partial charge in [0.1, 0.15) is 12.0 Å². The largest absolute Gasteiger partial charge is 0.508 e. The van der Waals surface area contributed by atoms with Gasteiger partial charge in [-0.25, -0.2) is 0 Å². The van der Waals surface area contributed by atoms with Crippen LogP contribution in [0.4, 0.5) is 0 Å². The number of aldehydes is 1. The first-order valence-corrected chi connectivity index (χ1v) is 6.23. The molecule has 0 bridgehead atoms. The van der Waals surface area contributed by atoms with Crippen LogP contribution >= 0.6 is 9.39 Å². The molecule has 0 aromatic heterocycles. The first-order chi connectivity index (χ1) is 8.47. The van der Waals surface area contributed by atoms with Crippen LogP contribution in [0.2, 0.25) is 0 Å². The van der Waals surface area contributed by atoms with Gasteiger partial charge in [-0.2, -0.15) is 0 Å². The van der Waals surface area contributed by atoms with E-state index in [1.165, 1.54) is 0 Å². The Hall–Kier alpha value is -0.960. The Morgan fingerprint density at radius 3 is 1.83 bits per heavy atom. The fourth-order valence-corrected chi connectivity index (χ4v) is 0.546. The van der Waals surface area contributed by atoms with Gasteiger partial charge in [-0.15, -0.1) is 0 Å². The third kappa shape index (κ3) is 17.4. The van der Waals surface area contributed by atoms with E-state index in [0.29, 0.717) is 11.9 Å². The lowest BCUT2D eigenvalue weighted by atomic mass is 10.3. The molecular formula is C13H24NO3P. The Kier molecular flexibility index (Phi) is 15.2. The number of phenols is 1. The van der Waals surface area contributed by atoms with Crippen LogP contribution in [0, 0.1) is 0 Å². The molecule has 1 aromatic carbocycles. The van der Waals surface area contributed by atoms with Crippen LogP contribution in [-0.2, 0) is 9.53 Å². The van der Waals surface area contributed by atoms with Gasteiger partial charge in [-0.05, 0) is 32.9 Å². The fourth-order valence-electron chi connectivity index (χ4n) is 0.467. The molecule has 4 nitrogen and oxygen atoms in total.